The zero-order valence-electron chi connectivity index (χ0n) is 20.0. The van der Waals surface area contributed by atoms with Crippen molar-refractivity contribution in [2.24, 2.45) is 11.8 Å². The zero-order chi connectivity index (χ0) is 25.3. The molecule has 184 valence electrons. The highest BCUT2D eigenvalue weighted by molar-refractivity contribution is 6.24. The molecule has 0 unspecified atom stereocenters. The lowest BCUT2D eigenvalue weighted by atomic mass is 9.76. The van der Waals surface area contributed by atoms with Crippen molar-refractivity contribution in [1.82, 2.24) is 5.32 Å². The van der Waals surface area contributed by atoms with Crippen LogP contribution in [0, 0.1) is 17.7 Å². The van der Waals surface area contributed by atoms with Crippen LogP contribution in [0.4, 0.5) is 10.1 Å². The second-order valence-corrected chi connectivity index (χ2v) is 9.09. The van der Waals surface area contributed by atoms with Crippen LogP contribution < -0.4 is 10.2 Å². The Hall–Kier alpha value is -3.39. The molecule has 0 spiro atoms. The van der Waals surface area contributed by atoms with E-state index < -0.39 is 47.0 Å². The van der Waals surface area contributed by atoms with Crippen LogP contribution in [0.15, 0.2) is 48.5 Å². The number of nitrogens with zero attached hydrogens (tertiary/aromatic N) is 1. The summed E-state index contributed by atoms with van der Waals surface area (Å²) in [5.74, 6) is -4.27. The van der Waals surface area contributed by atoms with Crippen molar-refractivity contribution in [3.8, 4) is 0 Å². The van der Waals surface area contributed by atoms with Gasteiger partial charge < -0.3 is 4.74 Å². The second kappa shape index (κ2) is 9.70. The maximum absolute atomic E-state index is 14.2. The number of fused-ring (bicyclic) bond motifs is 1. The molecule has 2 aliphatic rings. The lowest BCUT2D eigenvalue weighted by Crippen LogP contribution is -2.56. The van der Waals surface area contributed by atoms with Gasteiger partial charge in [0.25, 0.3) is 0 Å². The summed E-state index contributed by atoms with van der Waals surface area (Å²) in [4.78, 5) is 54.1. The fourth-order valence-electron chi connectivity index (χ4n) is 5.34. The average Bonchev–Trinajstić information content (AvgIpc) is 3.32. The van der Waals surface area contributed by atoms with E-state index in [1.165, 1.54) is 31.2 Å². The van der Waals surface area contributed by atoms with Gasteiger partial charge in [-0.15, -0.1) is 0 Å². The first-order valence-electron chi connectivity index (χ1n) is 11.9. The number of unbranched alkanes of at least 4 members (excludes halogenated alkanes) is 1. The molecule has 2 heterocycles. The van der Waals surface area contributed by atoms with E-state index in [1.54, 1.807) is 31.2 Å². The van der Waals surface area contributed by atoms with E-state index in [0.29, 0.717) is 17.5 Å². The van der Waals surface area contributed by atoms with Gasteiger partial charge >= 0.3 is 5.97 Å². The van der Waals surface area contributed by atoms with Gasteiger partial charge in [0.05, 0.1) is 24.1 Å². The van der Waals surface area contributed by atoms with E-state index in [0.717, 1.165) is 11.3 Å². The van der Waals surface area contributed by atoms with E-state index in [9.17, 15) is 23.6 Å². The van der Waals surface area contributed by atoms with Gasteiger partial charge in [0, 0.05) is 11.6 Å². The normalized spacial score (nSPS) is 25.6. The molecule has 2 aromatic rings. The molecule has 2 saturated heterocycles. The number of amides is 2. The largest absolute Gasteiger partial charge is 0.465 e. The number of carbonyl (C=O) groups is 4. The fourth-order valence-corrected chi connectivity index (χ4v) is 5.34. The molecule has 7 nitrogen and oxygen atoms in total. The summed E-state index contributed by atoms with van der Waals surface area (Å²) in [5.41, 5.74) is -0.327. The number of benzene rings is 2. The van der Waals surface area contributed by atoms with Gasteiger partial charge in [0.1, 0.15) is 11.4 Å². The number of nitrogens with one attached hydrogen (secondary N) is 1. The number of hydrogen-bond donors (Lipinski definition) is 1. The minimum Gasteiger partial charge on any atom is -0.465 e. The predicted octanol–water partition coefficient (Wildman–Crippen LogP) is 3.97. The van der Waals surface area contributed by atoms with Crippen molar-refractivity contribution in [3.05, 3.63) is 65.5 Å². The van der Waals surface area contributed by atoms with Crippen LogP contribution in [-0.2, 0) is 19.1 Å². The highest BCUT2D eigenvalue weighted by Gasteiger charge is 2.68. The molecule has 2 aliphatic heterocycles. The van der Waals surface area contributed by atoms with Crippen LogP contribution in [0.3, 0.4) is 0 Å². The highest BCUT2D eigenvalue weighted by atomic mass is 19.1. The number of halogens is 1. The Morgan fingerprint density at radius 1 is 1.09 bits per heavy atom. The van der Waals surface area contributed by atoms with Gasteiger partial charge in [-0.25, -0.2) is 9.29 Å². The van der Waals surface area contributed by atoms with Crippen molar-refractivity contribution < 1.29 is 28.3 Å². The van der Waals surface area contributed by atoms with E-state index >= 15 is 0 Å². The standard InChI is InChI=1S/C27H29FN2O5/c1-4-6-13-27(26(34)35-5-2)22-21(23(29-27)18-10-7-11-19(28)14-18)24(32)30(25(22)33)20-12-8-9-17(15-20)16(3)31/h7-12,14-15,21-23,29H,4-6,13H2,1-3H3/t21-,22-,23-,27-/m0/s1. The predicted molar refractivity (Wildman–Crippen MR) is 127 cm³/mol. The third kappa shape index (κ3) is 4.16. The summed E-state index contributed by atoms with van der Waals surface area (Å²) in [5, 5.41) is 3.27. The summed E-state index contributed by atoms with van der Waals surface area (Å²) < 4.78 is 19.6. The van der Waals surface area contributed by atoms with Crippen molar-refractivity contribution >= 4 is 29.3 Å². The van der Waals surface area contributed by atoms with E-state index in [1.807, 2.05) is 6.92 Å². The molecular weight excluding hydrogens is 451 g/mol. The molecule has 4 atom stereocenters. The summed E-state index contributed by atoms with van der Waals surface area (Å²) in [6.07, 6.45) is 1.67. The number of rotatable bonds is 8. The number of carbonyl (C=O) groups excluding carboxylic acids is 4. The number of ether oxygens (including phenoxy) is 1. The summed E-state index contributed by atoms with van der Waals surface area (Å²) in [6.45, 7) is 5.17. The van der Waals surface area contributed by atoms with Gasteiger partial charge in [-0.05, 0) is 50.1 Å². The number of imide groups is 1. The Bertz CT molecular complexity index is 1180. The molecule has 0 aliphatic carbocycles. The fraction of sp³-hybridized carbons (Fsp3) is 0.407. The van der Waals surface area contributed by atoms with Crippen molar-refractivity contribution in [2.75, 3.05) is 11.5 Å². The third-order valence-electron chi connectivity index (χ3n) is 6.94. The molecule has 1 N–H and O–H groups in total. The van der Waals surface area contributed by atoms with Crippen molar-refractivity contribution in [1.29, 1.82) is 0 Å². The molecule has 8 heteroatoms. The molecule has 2 aromatic carbocycles. The maximum Gasteiger partial charge on any atom is 0.327 e. The zero-order valence-corrected chi connectivity index (χ0v) is 20.0. The Kier molecular flexibility index (Phi) is 6.85. The molecule has 0 aromatic heterocycles. The van der Waals surface area contributed by atoms with Gasteiger partial charge in [-0.2, -0.15) is 0 Å². The van der Waals surface area contributed by atoms with Crippen LogP contribution in [0.1, 0.15) is 62.0 Å². The summed E-state index contributed by atoms with van der Waals surface area (Å²) >= 11 is 0. The van der Waals surface area contributed by atoms with E-state index in [-0.39, 0.29) is 24.5 Å². The minimum atomic E-state index is -1.44. The molecule has 2 fully saturated rings. The van der Waals surface area contributed by atoms with Crippen LogP contribution >= 0.6 is 0 Å². The first kappa shape index (κ1) is 24.7. The Labute approximate surface area is 203 Å². The minimum absolute atomic E-state index is 0.114. The quantitative estimate of drug-likeness (QED) is 0.349. The van der Waals surface area contributed by atoms with Crippen LogP contribution in [0.25, 0.3) is 0 Å². The lowest BCUT2D eigenvalue weighted by Gasteiger charge is -2.33. The summed E-state index contributed by atoms with van der Waals surface area (Å²) in [6, 6.07) is 11.4. The molecular formula is C27H29FN2O5. The van der Waals surface area contributed by atoms with E-state index in [2.05, 4.69) is 5.32 Å². The first-order chi connectivity index (χ1) is 16.7. The van der Waals surface area contributed by atoms with E-state index in [4.69, 9.17) is 4.74 Å². The maximum atomic E-state index is 14.2. The topological polar surface area (TPSA) is 92.8 Å². The van der Waals surface area contributed by atoms with Crippen LogP contribution in [0.5, 0.6) is 0 Å². The second-order valence-electron chi connectivity index (χ2n) is 9.09. The Morgan fingerprint density at radius 3 is 2.49 bits per heavy atom. The number of Topliss-reactive ketones (excluding diaryl/α,β-unsaturated/α-hetero) is 1. The van der Waals surface area contributed by atoms with Crippen LogP contribution in [0.2, 0.25) is 0 Å². The van der Waals surface area contributed by atoms with Crippen LogP contribution in [-0.4, -0.2) is 35.7 Å². The van der Waals surface area contributed by atoms with Gasteiger partial charge in [0.2, 0.25) is 11.8 Å². The number of ketones is 1. The Balaban J connectivity index is 1.87. The molecule has 0 radical (unpaired) electrons. The number of hydrogen-bond acceptors (Lipinski definition) is 6. The van der Waals surface area contributed by atoms with Gasteiger partial charge in [0.15, 0.2) is 5.78 Å². The van der Waals surface area contributed by atoms with Crippen molar-refractivity contribution in [2.45, 2.75) is 51.6 Å². The monoisotopic (exact) mass is 480 g/mol. The van der Waals surface area contributed by atoms with Gasteiger partial charge in [-0.1, -0.05) is 44.0 Å². The highest BCUT2D eigenvalue weighted by Crippen LogP contribution is 2.51. The number of esters is 1. The molecule has 4 rings (SSSR count). The summed E-state index contributed by atoms with van der Waals surface area (Å²) in [7, 11) is 0. The van der Waals surface area contributed by atoms with Crippen molar-refractivity contribution in [3.63, 3.8) is 0 Å². The number of anilines is 1. The average molecular weight is 481 g/mol. The van der Waals surface area contributed by atoms with Gasteiger partial charge in [-0.3, -0.25) is 24.5 Å². The Morgan fingerprint density at radius 2 is 1.83 bits per heavy atom. The molecule has 0 bridgehead atoms. The molecule has 35 heavy (non-hydrogen) atoms. The smallest absolute Gasteiger partial charge is 0.327 e. The lowest BCUT2D eigenvalue weighted by molar-refractivity contribution is -0.155. The third-order valence-corrected chi connectivity index (χ3v) is 6.94. The molecule has 0 saturated carbocycles. The molecule has 2 amide bonds. The SMILES string of the molecule is CCCC[C@]1(C(=O)OCC)N[C@@H](c2cccc(F)c2)[C@H]2C(=O)N(c3cccc(C(C)=O)c3)C(=O)[C@H]21. The first-order valence-corrected chi connectivity index (χ1v) is 11.9.